The first-order valence-corrected chi connectivity index (χ1v) is 11.8. The lowest BCUT2D eigenvalue weighted by Crippen LogP contribution is -2.55. The summed E-state index contributed by atoms with van der Waals surface area (Å²) in [7, 11) is 1.60. The maximum absolute atomic E-state index is 12.8. The first-order valence-electron chi connectivity index (χ1n) is 11.8. The van der Waals surface area contributed by atoms with Crippen LogP contribution in [0.2, 0.25) is 0 Å². The molecule has 188 valence electrons. The van der Waals surface area contributed by atoms with Crippen molar-refractivity contribution in [3.8, 4) is 0 Å². The van der Waals surface area contributed by atoms with Crippen LogP contribution in [0.5, 0.6) is 0 Å². The molecule has 1 atom stereocenters. The van der Waals surface area contributed by atoms with E-state index in [9.17, 15) is 14.7 Å². The third-order valence-corrected chi connectivity index (χ3v) is 6.59. The Kier molecular flexibility index (Phi) is 9.87. The van der Waals surface area contributed by atoms with Gasteiger partial charge in [0.15, 0.2) is 12.2 Å². The van der Waals surface area contributed by atoms with Crippen molar-refractivity contribution in [2.24, 2.45) is 11.3 Å². The van der Waals surface area contributed by atoms with Crippen molar-refractivity contribution in [2.45, 2.75) is 78.0 Å². The summed E-state index contributed by atoms with van der Waals surface area (Å²) in [5.74, 6) is -0.840. The Morgan fingerprint density at radius 3 is 2.42 bits per heavy atom. The summed E-state index contributed by atoms with van der Waals surface area (Å²) in [5, 5.41) is 21.1. The molecule has 0 bridgehead atoms. The number of likely N-dealkylation sites (N-methyl/N-ethyl adjacent to an activating group) is 1. The molecule has 33 heavy (non-hydrogen) atoms. The smallest absolute Gasteiger partial charge is 0.252 e. The molecule has 0 radical (unpaired) electrons. The number of carbonyl (C=O) groups is 2. The van der Waals surface area contributed by atoms with Gasteiger partial charge in [-0.2, -0.15) is 0 Å². The molecule has 2 aliphatic rings. The molecule has 9 heteroatoms. The lowest BCUT2D eigenvalue weighted by Gasteiger charge is -2.35. The third-order valence-electron chi connectivity index (χ3n) is 6.59. The van der Waals surface area contributed by atoms with Crippen LogP contribution < -0.4 is 5.32 Å². The van der Waals surface area contributed by atoms with Crippen molar-refractivity contribution in [1.29, 1.82) is 5.41 Å². The number of hydrogen-bond donors (Lipinski definition) is 3. The molecular weight excluding hydrogens is 426 g/mol. The molecule has 2 amide bonds. The van der Waals surface area contributed by atoms with Gasteiger partial charge in [-0.15, -0.1) is 0 Å². The van der Waals surface area contributed by atoms with Crippen molar-refractivity contribution in [2.75, 3.05) is 33.5 Å². The second-order valence-electron chi connectivity index (χ2n) is 10.2. The Hall–Kier alpha value is -1.97. The summed E-state index contributed by atoms with van der Waals surface area (Å²) in [5.41, 5.74) is -1.76. The number of aliphatic hydroxyl groups is 1. The van der Waals surface area contributed by atoms with Crippen molar-refractivity contribution in [3.63, 3.8) is 0 Å². The fourth-order valence-corrected chi connectivity index (χ4v) is 3.66. The van der Waals surface area contributed by atoms with E-state index in [1.807, 2.05) is 13.8 Å². The number of hydrogen-bond acceptors (Lipinski definition) is 7. The summed E-state index contributed by atoms with van der Waals surface area (Å²) < 4.78 is 16.7. The second-order valence-corrected chi connectivity index (χ2v) is 10.2. The second kappa shape index (κ2) is 11.9. The Morgan fingerprint density at radius 2 is 1.82 bits per heavy atom. The van der Waals surface area contributed by atoms with Gasteiger partial charge in [0, 0.05) is 50.5 Å². The summed E-state index contributed by atoms with van der Waals surface area (Å²) in [6.45, 7) is 9.17. The number of rotatable bonds is 10. The molecular formula is C24H41N3O6. The summed E-state index contributed by atoms with van der Waals surface area (Å²) >= 11 is 0. The molecule has 2 saturated heterocycles. The summed E-state index contributed by atoms with van der Waals surface area (Å²) in [4.78, 5) is 27.0. The highest BCUT2D eigenvalue weighted by Gasteiger charge is 2.36. The number of carbonyl (C=O) groups excluding carboxylic acids is 2. The van der Waals surface area contributed by atoms with E-state index in [2.05, 4.69) is 5.32 Å². The van der Waals surface area contributed by atoms with Gasteiger partial charge < -0.3 is 29.6 Å². The van der Waals surface area contributed by atoms with Gasteiger partial charge in [0.1, 0.15) is 5.54 Å². The Balaban J connectivity index is 1.89. The molecule has 1 unspecified atom stereocenters. The van der Waals surface area contributed by atoms with Crippen LogP contribution in [0.1, 0.15) is 66.2 Å². The number of allylic oxidation sites excluding steroid dienone is 1. The molecule has 0 saturated carbocycles. The largest absolute Gasteiger partial charge is 0.494 e. The van der Waals surface area contributed by atoms with Gasteiger partial charge in [-0.1, -0.05) is 13.8 Å². The maximum atomic E-state index is 12.8. The van der Waals surface area contributed by atoms with E-state index in [0.717, 1.165) is 32.1 Å². The zero-order valence-electron chi connectivity index (χ0n) is 20.7. The minimum atomic E-state index is -1.18. The minimum absolute atomic E-state index is 0.109. The van der Waals surface area contributed by atoms with E-state index in [1.54, 1.807) is 20.9 Å². The molecule has 2 rings (SSSR count). The molecule has 0 aromatic heterocycles. The van der Waals surface area contributed by atoms with Crippen LogP contribution >= 0.6 is 0 Å². The van der Waals surface area contributed by atoms with Crippen LogP contribution in [-0.2, 0) is 23.8 Å². The van der Waals surface area contributed by atoms with Crippen molar-refractivity contribution >= 4 is 17.5 Å². The van der Waals surface area contributed by atoms with Crippen molar-refractivity contribution in [1.82, 2.24) is 10.2 Å². The average Bonchev–Trinajstić information content (AvgIpc) is 2.78. The quantitative estimate of drug-likeness (QED) is 0.335. The van der Waals surface area contributed by atoms with Gasteiger partial charge >= 0.3 is 0 Å². The fourth-order valence-electron chi connectivity index (χ4n) is 3.66. The van der Waals surface area contributed by atoms with Gasteiger partial charge in [-0.05, 0) is 51.9 Å². The molecule has 9 nitrogen and oxygen atoms in total. The molecule has 0 aromatic carbocycles. The van der Waals surface area contributed by atoms with Crippen molar-refractivity contribution in [3.05, 3.63) is 12.0 Å². The Morgan fingerprint density at radius 1 is 1.15 bits per heavy atom. The molecule has 2 fully saturated rings. The zero-order chi connectivity index (χ0) is 24.6. The molecule has 0 aromatic rings. The highest BCUT2D eigenvalue weighted by atomic mass is 16.7. The maximum Gasteiger partial charge on any atom is 0.252 e. The number of amides is 2. The van der Waals surface area contributed by atoms with Crippen LogP contribution in [0.3, 0.4) is 0 Å². The third kappa shape index (κ3) is 8.08. The normalized spacial score (nSPS) is 20.9. The van der Waals surface area contributed by atoms with Crippen LogP contribution in [0.15, 0.2) is 12.0 Å². The molecule has 2 heterocycles. The SMILES string of the molecule is CN(C(=O)CC1CCOCC1)C(C)(C)C(=O)N/C(O)=C/C(=N)C(C)(C)COC1CCCCO1. The predicted molar refractivity (Wildman–Crippen MR) is 125 cm³/mol. The number of nitrogens with one attached hydrogen (secondary N) is 2. The highest BCUT2D eigenvalue weighted by molar-refractivity contribution is 5.98. The molecule has 0 spiro atoms. The van der Waals surface area contributed by atoms with Gasteiger partial charge in [-0.25, -0.2) is 0 Å². The van der Waals surface area contributed by atoms with Gasteiger partial charge in [-0.3, -0.25) is 14.9 Å². The monoisotopic (exact) mass is 467 g/mol. The van der Waals surface area contributed by atoms with Crippen molar-refractivity contribution < 1.29 is 28.9 Å². The van der Waals surface area contributed by atoms with E-state index >= 15 is 0 Å². The number of aliphatic hydroxyl groups excluding tert-OH is 1. The standard InChI is InChI=1S/C24H41N3O6/c1-23(2,16-33-21-8-6-7-11-32-21)18(25)15-19(28)26-22(30)24(3,4)27(5)20(29)14-17-9-12-31-13-10-17/h15,17,21,25,28H,6-14,16H2,1-5H3,(H,26,30)/b19-15-,25-18?. The average molecular weight is 468 g/mol. The highest BCUT2D eigenvalue weighted by Crippen LogP contribution is 2.24. The van der Waals surface area contributed by atoms with Crippen LogP contribution in [-0.4, -0.2) is 72.8 Å². The van der Waals surface area contributed by atoms with Gasteiger partial charge in [0.2, 0.25) is 5.91 Å². The Labute approximate surface area is 197 Å². The van der Waals surface area contributed by atoms with E-state index in [1.165, 1.54) is 11.0 Å². The lowest BCUT2D eigenvalue weighted by molar-refractivity contribution is -0.171. The predicted octanol–water partition coefficient (Wildman–Crippen LogP) is 3.14. The summed E-state index contributed by atoms with van der Waals surface area (Å²) in [6, 6.07) is 0. The molecule has 3 N–H and O–H groups in total. The minimum Gasteiger partial charge on any atom is -0.494 e. The van der Waals surface area contributed by atoms with E-state index in [-0.39, 0.29) is 30.4 Å². The van der Waals surface area contributed by atoms with Crippen LogP contribution in [0.4, 0.5) is 0 Å². The molecule has 0 aliphatic carbocycles. The number of ether oxygens (including phenoxy) is 3. The van der Waals surface area contributed by atoms with Crippen LogP contribution in [0.25, 0.3) is 0 Å². The van der Waals surface area contributed by atoms with Crippen LogP contribution in [0, 0.1) is 16.7 Å². The molecule has 2 aliphatic heterocycles. The number of nitrogens with zero attached hydrogens (tertiary/aromatic N) is 1. The lowest BCUT2D eigenvalue weighted by atomic mass is 9.88. The summed E-state index contributed by atoms with van der Waals surface area (Å²) in [6.07, 6.45) is 5.90. The topological polar surface area (TPSA) is 121 Å². The van der Waals surface area contributed by atoms with E-state index in [0.29, 0.717) is 26.2 Å². The zero-order valence-corrected chi connectivity index (χ0v) is 20.7. The first kappa shape index (κ1) is 27.3. The van der Waals surface area contributed by atoms with Gasteiger partial charge in [0.05, 0.1) is 6.61 Å². The van der Waals surface area contributed by atoms with E-state index in [4.69, 9.17) is 19.6 Å². The Bertz CT molecular complexity index is 722. The fraction of sp³-hybridized carbons (Fsp3) is 0.792. The van der Waals surface area contributed by atoms with E-state index < -0.39 is 22.7 Å². The van der Waals surface area contributed by atoms with Gasteiger partial charge in [0.25, 0.3) is 5.91 Å². The first-order chi connectivity index (χ1) is 15.4.